The van der Waals surface area contributed by atoms with E-state index in [2.05, 4.69) is 36.4 Å². The Labute approximate surface area is 104 Å². The molecule has 3 aliphatic rings. The van der Waals surface area contributed by atoms with Crippen molar-refractivity contribution in [2.24, 2.45) is 35.5 Å². The van der Waals surface area contributed by atoms with Crippen molar-refractivity contribution in [1.29, 1.82) is 0 Å². The maximum Gasteiger partial charge on any atom is 0.309 e. The Bertz CT molecular complexity index is 328. The fourth-order valence-electron chi connectivity index (χ4n) is 4.61. The first-order valence-electron chi connectivity index (χ1n) is 5.79. The van der Waals surface area contributed by atoms with Crippen LogP contribution < -0.4 is 0 Å². The molecule has 6 atom stereocenters. The molecule has 3 fully saturated rings. The molecule has 0 aromatic heterocycles. The predicted molar refractivity (Wildman–Crippen MR) is 65.7 cm³/mol. The van der Waals surface area contributed by atoms with Gasteiger partial charge in [0.05, 0.1) is 13.0 Å². The SMILES string of the molecule is COC(=O)C1C2CC3(I)C(C(C)C)C1C23. The van der Waals surface area contributed by atoms with Crippen molar-refractivity contribution in [2.45, 2.75) is 23.7 Å². The topological polar surface area (TPSA) is 26.3 Å². The standard InChI is InChI=1S/C12H17IO2/c1-5(2)9-8-7(11(14)15-3)6-4-12(9,13)10(6)8/h5-10H,4H2,1-3H3. The molecule has 0 aromatic rings. The number of carbonyl (C=O) groups is 1. The summed E-state index contributed by atoms with van der Waals surface area (Å²) in [6.07, 6.45) is 1.25. The lowest BCUT2D eigenvalue weighted by Crippen LogP contribution is -2.82. The normalized spacial score (nSPS) is 54.9. The number of methoxy groups -OCH3 is 1. The minimum Gasteiger partial charge on any atom is -0.469 e. The van der Waals surface area contributed by atoms with Crippen molar-refractivity contribution in [1.82, 2.24) is 0 Å². The van der Waals surface area contributed by atoms with Gasteiger partial charge < -0.3 is 4.74 Å². The highest BCUT2D eigenvalue weighted by molar-refractivity contribution is 14.1. The van der Waals surface area contributed by atoms with Crippen molar-refractivity contribution in [3.05, 3.63) is 0 Å². The number of rotatable bonds is 2. The molecule has 3 heteroatoms. The van der Waals surface area contributed by atoms with Gasteiger partial charge in [-0.2, -0.15) is 0 Å². The number of alkyl halides is 1. The zero-order valence-corrected chi connectivity index (χ0v) is 11.5. The molecule has 0 spiro atoms. The molecule has 3 saturated carbocycles. The van der Waals surface area contributed by atoms with Crippen molar-refractivity contribution in [3.8, 4) is 0 Å². The van der Waals surface area contributed by atoms with E-state index in [0.29, 0.717) is 21.2 Å². The largest absolute Gasteiger partial charge is 0.469 e. The average molecular weight is 320 g/mol. The van der Waals surface area contributed by atoms with Crippen LogP contribution in [0.15, 0.2) is 0 Å². The smallest absolute Gasteiger partial charge is 0.309 e. The third-order valence-corrected chi connectivity index (χ3v) is 6.89. The van der Waals surface area contributed by atoms with Crippen molar-refractivity contribution >= 4 is 28.6 Å². The number of esters is 1. The number of halogens is 1. The Balaban J connectivity index is 1.82. The first-order valence-corrected chi connectivity index (χ1v) is 6.87. The van der Waals surface area contributed by atoms with Crippen LogP contribution >= 0.6 is 22.6 Å². The summed E-state index contributed by atoms with van der Waals surface area (Å²) >= 11 is 2.66. The van der Waals surface area contributed by atoms with Gasteiger partial charge in [-0.15, -0.1) is 0 Å². The molecule has 0 saturated heterocycles. The quantitative estimate of drug-likeness (QED) is 0.444. The summed E-state index contributed by atoms with van der Waals surface area (Å²) in [4.78, 5) is 11.7. The molecule has 6 unspecified atom stereocenters. The van der Waals surface area contributed by atoms with Gasteiger partial charge in [0.15, 0.2) is 0 Å². The lowest BCUT2D eigenvalue weighted by Gasteiger charge is -2.81. The molecule has 2 nitrogen and oxygen atoms in total. The Morgan fingerprint density at radius 1 is 1.53 bits per heavy atom. The molecular formula is C12H17IO2. The van der Waals surface area contributed by atoms with Gasteiger partial charge >= 0.3 is 5.97 Å². The van der Waals surface area contributed by atoms with Gasteiger partial charge in [0.2, 0.25) is 0 Å². The summed E-state index contributed by atoms with van der Waals surface area (Å²) in [7, 11) is 1.52. The minimum absolute atomic E-state index is 0.0463. The van der Waals surface area contributed by atoms with Gasteiger partial charge in [-0.1, -0.05) is 36.4 Å². The van der Waals surface area contributed by atoms with Gasteiger partial charge in [-0.3, -0.25) is 4.79 Å². The van der Waals surface area contributed by atoms with E-state index in [9.17, 15) is 4.79 Å². The van der Waals surface area contributed by atoms with Crippen LogP contribution in [-0.4, -0.2) is 16.5 Å². The van der Waals surface area contributed by atoms with Gasteiger partial charge in [-0.25, -0.2) is 0 Å². The highest BCUT2D eigenvalue weighted by atomic mass is 127. The summed E-state index contributed by atoms with van der Waals surface area (Å²) in [6, 6.07) is 0. The van der Waals surface area contributed by atoms with Crippen LogP contribution in [0.2, 0.25) is 0 Å². The second kappa shape index (κ2) is 2.90. The van der Waals surface area contributed by atoms with E-state index in [1.54, 1.807) is 0 Å². The first-order chi connectivity index (χ1) is 7.02. The molecule has 0 aliphatic heterocycles. The lowest BCUT2D eigenvalue weighted by molar-refractivity contribution is -0.272. The number of carbonyl (C=O) groups excluding carboxylic acids is 1. The van der Waals surface area contributed by atoms with Crippen LogP contribution in [0.5, 0.6) is 0 Å². The summed E-state index contributed by atoms with van der Waals surface area (Å²) in [5.74, 6) is 3.89. The zero-order chi connectivity index (χ0) is 11.0. The van der Waals surface area contributed by atoms with Crippen molar-refractivity contribution in [2.75, 3.05) is 7.11 Å². The van der Waals surface area contributed by atoms with E-state index >= 15 is 0 Å². The highest BCUT2D eigenvalue weighted by Crippen LogP contribution is 2.82. The molecule has 15 heavy (non-hydrogen) atoms. The van der Waals surface area contributed by atoms with Crippen LogP contribution in [0, 0.1) is 35.5 Å². The van der Waals surface area contributed by atoms with Gasteiger partial charge in [0, 0.05) is 3.42 Å². The Kier molecular flexibility index (Phi) is 2.00. The number of ether oxygens (including phenoxy) is 1. The lowest BCUT2D eigenvalue weighted by atomic mass is 9.27. The second-order valence-corrected chi connectivity index (χ2v) is 7.73. The molecule has 3 rings (SSSR count). The van der Waals surface area contributed by atoms with E-state index < -0.39 is 0 Å². The van der Waals surface area contributed by atoms with Crippen LogP contribution in [0.4, 0.5) is 0 Å². The maximum absolute atomic E-state index is 11.7. The van der Waals surface area contributed by atoms with Crippen LogP contribution in [0.3, 0.4) is 0 Å². The Morgan fingerprint density at radius 3 is 2.67 bits per heavy atom. The molecule has 3 aliphatic carbocycles. The van der Waals surface area contributed by atoms with Gasteiger partial charge in [0.1, 0.15) is 0 Å². The maximum atomic E-state index is 11.7. The summed E-state index contributed by atoms with van der Waals surface area (Å²) < 4.78 is 5.47. The third kappa shape index (κ3) is 0.949. The molecule has 84 valence electrons. The third-order valence-electron chi connectivity index (χ3n) is 5.01. The molecule has 0 heterocycles. The molecular weight excluding hydrogens is 303 g/mol. The van der Waals surface area contributed by atoms with E-state index in [1.807, 2.05) is 0 Å². The second-order valence-electron chi connectivity index (χ2n) is 5.72. The van der Waals surface area contributed by atoms with Crippen LogP contribution in [0.1, 0.15) is 20.3 Å². The fraction of sp³-hybridized carbons (Fsp3) is 0.917. The molecule has 0 N–H and O–H groups in total. The molecule has 0 aromatic carbocycles. The van der Waals surface area contributed by atoms with Crippen molar-refractivity contribution in [3.63, 3.8) is 0 Å². The number of hydrogen-bond acceptors (Lipinski definition) is 2. The van der Waals surface area contributed by atoms with E-state index in [4.69, 9.17) is 4.74 Å². The fourth-order valence-corrected chi connectivity index (χ4v) is 7.13. The minimum atomic E-state index is 0.0463. The van der Waals surface area contributed by atoms with E-state index in [0.717, 1.165) is 11.8 Å². The molecule has 0 amide bonds. The summed E-state index contributed by atoms with van der Waals surface area (Å²) in [5.41, 5.74) is 0. The van der Waals surface area contributed by atoms with Crippen LogP contribution in [0.25, 0.3) is 0 Å². The molecule has 0 radical (unpaired) electrons. The number of hydrogen-bond donors (Lipinski definition) is 0. The van der Waals surface area contributed by atoms with Crippen molar-refractivity contribution < 1.29 is 9.53 Å². The average Bonchev–Trinajstić information content (AvgIpc) is 2.14. The van der Waals surface area contributed by atoms with Gasteiger partial charge in [0.25, 0.3) is 0 Å². The van der Waals surface area contributed by atoms with Gasteiger partial charge in [-0.05, 0) is 36.0 Å². The van der Waals surface area contributed by atoms with E-state index in [-0.39, 0.29) is 11.9 Å². The highest BCUT2D eigenvalue weighted by Gasteiger charge is 2.82. The Hall–Kier alpha value is 0.200. The van der Waals surface area contributed by atoms with E-state index in [1.165, 1.54) is 13.5 Å². The monoisotopic (exact) mass is 320 g/mol. The summed E-state index contributed by atoms with van der Waals surface area (Å²) in [5, 5.41) is 0. The predicted octanol–water partition coefficient (Wildman–Crippen LogP) is 2.50. The first kappa shape index (κ1) is 10.4. The van der Waals surface area contributed by atoms with Crippen LogP contribution in [-0.2, 0) is 9.53 Å². The Morgan fingerprint density at radius 2 is 2.20 bits per heavy atom. The summed E-state index contributed by atoms with van der Waals surface area (Å²) in [6.45, 7) is 4.59. The molecule has 0 bridgehead atoms. The zero-order valence-electron chi connectivity index (χ0n) is 9.37.